The smallest absolute Gasteiger partial charge is 0.254 e. The SMILES string of the molecule is O=C(NC12CCC(CC1)C2)c1ccnc2[nH]c(-c3ccc(NCCN4CCCCC4)cc3)nc12. The third kappa shape index (κ3) is 4.29. The Bertz CT molecular complexity index is 1160. The molecule has 2 aliphatic carbocycles. The number of nitrogens with one attached hydrogen (secondary N) is 3. The van der Waals surface area contributed by atoms with Gasteiger partial charge in [-0.2, -0.15) is 0 Å². The molecule has 3 aromatic rings. The van der Waals surface area contributed by atoms with Gasteiger partial charge in [0.05, 0.1) is 5.56 Å². The number of aromatic amines is 1. The van der Waals surface area contributed by atoms with E-state index in [9.17, 15) is 4.79 Å². The number of nitrogens with zero attached hydrogens (tertiary/aromatic N) is 3. The van der Waals surface area contributed by atoms with E-state index in [-0.39, 0.29) is 11.4 Å². The van der Waals surface area contributed by atoms with Gasteiger partial charge in [-0.1, -0.05) is 6.42 Å². The normalized spacial score (nSPS) is 24.5. The number of H-pyrrole nitrogens is 1. The zero-order valence-electron chi connectivity index (χ0n) is 19.8. The molecule has 2 bridgehead atoms. The van der Waals surface area contributed by atoms with E-state index < -0.39 is 0 Å². The molecule has 3 N–H and O–H groups in total. The first-order valence-corrected chi connectivity index (χ1v) is 12.9. The molecular weight excluding hydrogens is 424 g/mol. The van der Waals surface area contributed by atoms with E-state index >= 15 is 0 Å². The average molecular weight is 459 g/mol. The summed E-state index contributed by atoms with van der Waals surface area (Å²) in [5, 5.41) is 6.89. The Kier molecular flexibility index (Phi) is 5.73. The second kappa shape index (κ2) is 9.02. The maximum Gasteiger partial charge on any atom is 0.254 e. The third-order valence-electron chi connectivity index (χ3n) is 8.11. The number of anilines is 1. The summed E-state index contributed by atoms with van der Waals surface area (Å²) in [6, 6.07) is 10.1. The van der Waals surface area contributed by atoms with E-state index in [4.69, 9.17) is 4.98 Å². The van der Waals surface area contributed by atoms with Crippen LogP contribution in [0.3, 0.4) is 0 Å². The van der Waals surface area contributed by atoms with Gasteiger partial charge in [0, 0.05) is 36.1 Å². The molecule has 0 atom stereocenters. The predicted octanol–water partition coefficient (Wildman–Crippen LogP) is 4.59. The largest absolute Gasteiger partial charge is 0.384 e. The van der Waals surface area contributed by atoms with Gasteiger partial charge in [0.15, 0.2) is 5.65 Å². The number of piperidine rings is 1. The van der Waals surface area contributed by atoms with Gasteiger partial charge in [0.2, 0.25) is 0 Å². The Labute approximate surface area is 200 Å². The average Bonchev–Trinajstić information content (AvgIpc) is 3.59. The van der Waals surface area contributed by atoms with Gasteiger partial charge in [-0.3, -0.25) is 4.79 Å². The maximum atomic E-state index is 13.2. The van der Waals surface area contributed by atoms with Crippen molar-refractivity contribution in [3.05, 3.63) is 42.1 Å². The Morgan fingerprint density at radius 1 is 1.09 bits per heavy atom. The predicted molar refractivity (Wildman–Crippen MR) is 135 cm³/mol. The van der Waals surface area contributed by atoms with Gasteiger partial charge in [-0.05, 0) is 94.3 Å². The van der Waals surface area contributed by atoms with Crippen LogP contribution in [0.2, 0.25) is 0 Å². The first-order chi connectivity index (χ1) is 16.7. The number of pyridine rings is 1. The van der Waals surface area contributed by atoms with Gasteiger partial charge >= 0.3 is 0 Å². The zero-order valence-corrected chi connectivity index (χ0v) is 19.8. The summed E-state index contributed by atoms with van der Waals surface area (Å²) in [7, 11) is 0. The highest BCUT2D eigenvalue weighted by molar-refractivity contribution is 6.04. The second-order valence-corrected chi connectivity index (χ2v) is 10.4. The summed E-state index contributed by atoms with van der Waals surface area (Å²) in [4.78, 5) is 28.3. The topological polar surface area (TPSA) is 85.9 Å². The molecule has 0 spiro atoms. The lowest BCUT2D eigenvalue weighted by molar-refractivity contribution is 0.0902. The fourth-order valence-electron chi connectivity index (χ4n) is 6.19. The Morgan fingerprint density at radius 2 is 1.88 bits per heavy atom. The summed E-state index contributed by atoms with van der Waals surface area (Å²) in [5.41, 5.74) is 3.99. The highest BCUT2D eigenvalue weighted by atomic mass is 16.1. The molecule has 1 saturated heterocycles. The van der Waals surface area contributed by atoms with Crippen LogP contribution in [0.15, 0.2) is 36.5 Å². The Hall–Kier alpha value is -2.93. The highest BCUT2D eigenvalue weighted by Crippen LogP contribution is 2.47. The molecule has 7 nitrogen and oxygen atoms in total. The molecule has 6 rings (SSSR count). The number of hydrogen-bond acceptors (Lipinski definition) is 5. The van der Waals surface area contributed by atoms with Gasteiger partial charge < -0.3 is 20.5 Å². The quantitative estimate of drug-likeness (QED) is 0.482. The lowest BCUT2D eigenvalue weighted by Crippen LogP contribution is -2.45. The van der Waals surface area contributed by atoms with Crippen LogP contribution in [0.5, 0.6) is 0 Å². The van der Waals surface area contributed by atoms with Gasteiger partial charge in [0.25, 0.3) is 5.91 Å². The number of hydrogen-bond donors (Lipinski definition) is 3. The van der Waals surface area contributed by atoms with Crippen LogP contribution in [0.1, 0.15) is 61.7 Å². The van der Waals surface area contributed by atoms with Gasteiger partial charge in [0.1, 0.15) is 11.3 Å². The van der Waals surface area contributed by atoms with E-state index in [2.05, 4.69) is 49.8 Å². The molecule has 3 fully saturated rings. The van der Waals surface area contributed by atoms with Crippen LogP contribution in [0, 0.1) is 5.92 Å². The minimum atomic E-state index is -0.0266. The molecule has 7 heteroatoms. The molecule has 34 heavy (non-hydrogen) atoms. The van der Waals surface area contributed by atoms with Crippen molar-refractivity contribution in [1.82, 2.24) is 25.2 Å². The van der Waals surface area contributed by atoms with E-state index in [1.807, 2.05) is 0 Å². The molecule has 1 aliphatic heterocycles. The molecule has 3 heterocycles. The number of rotatable bonds is 7. The van der Waals surface area contributed by atoms with Crippen LogP contribution in [0.4, 0.5) is 5.69 Å². The summed E-state index contributed by atoms with van der Waals surface area (Å²) >= 11 is 0. The number of likely N-dealkylation sites (tertiary alicyclic amines) is 1. The van der Waals surface area contributed by atoms with Crippen molar-refractivity contribution >= 4 is 22.8 Å². The molecular formula is C27H34N6O. The molecule has 178 valence electrons. The van der Waals surface area contributed by atoms with Crippen molar-refractivity contribution in [2.75, 3.05) is 31.5 Å². The van der Waals surface area contributed by atoms with Gasteiger partial charge in [-0.15, -0.1) is 0 Å². The summed E-state index contributed by atoms with van der Waals surface area (Å²) < 4.78 is 0. The van der Waals surface area contributed by atoms with E-state index in [0.29, 0.717) is 16.7 Å². The Morgan fingerprint density at radius 3 is 2.62 bits per heavy atom. The van der Waals surface area contributed by atoms with Crippen LogP contribution < -0.4 is 10.6 Å². The summed E-state index contributed by atoms with van der Waals surface area (Å²) in [6.45, 7) is 4.49. The molecule has 2 aromatic heterocycles. The number of carbonyl (C=O) groups is 1. The number of benzene rings is 1. The molecule has 2 saturated carbocycles. The monoisotopic (exact) mass is 458 g/mol. The van der Waals surface area contributed by atoms with Crippen molar-refractivity contribution in [1.29, 1.82) is 0 Å². The van der Waals surface area contributed by atoms with Crippen LogP contribution >= 0.6 is 0 Å². The molecule has 1 amide bonds. The van der Waals surface area contributed by atoms with Crippen LogP contribution in [-0.2, 0) is 0 Å². The van der Waals surface area contributed by atoms with Crippen LogP contribution in [0.25, 0.3) is 22.6 Å². The zero-order chi connectivity index (χ0) is 23.0. The number of fused-ring (bicyclic) bond motifs is 3. The molecule has 0 unspecified atom stereocenters. The van der Waals surface area contributed by atoms with E-state index in [0.717, 1.165) is 55.3 Å². The van der Waals surface area contributed by atoms with Crippen molar-refractivity contribution in [2.45, 2.75) is 56.9 Å². The molecule has 3 aliphatic rings. The molecule has 1 aromatic carbocycles. The van der Waals surface area contributed by atoms with Crippen molar-refractivity contribution in [3.63, 3.8) is 0 Å². The lowest BCUT2D eigenvalue weighted by Gasteiger charge is -2.28. The van der Waals surface area contributed by atoms with E-state index in [1.165, 1.54) is 45.2 Å². The maximum absolute atomic E-state index is 13.2. The standard InChI is InChI=1S/C27H34N6O/c34-26(32-27-11-8-19(18-27)9-12-27)22-10-13-29-25-23(22)30-24(31-25)20-4-6-21(7-5-20)28-14-17-33-15-2-1-3-16-33/h4-7,10,13,19,28H,1-3,8-9,11-12,14-18H2,(H,32,34)(H,29,30,31). The number of imidazole rings is 1. The van der Waals surface area contributed by atoms with Crippen molar-refractivity contribution in [3.8, 4) is 11.4 Å². The Balaban J connectivity index is 1.14. The van der Waals surface area contributed by atoms with Crippen molar-refractivity contribution < 1.29 is 4.79 Å². The van der Waals surface area contributed by atoms with Crippen LogP contribution in [-0.4, -0.2) is 57.5 Å². The minimum absolute atomic E-state index is 0.00664. The number of carbonyl (C=O) groups excluding carboxylic acids is 1. The van der Waals surface area contributed by atoms with E-state index in [1.54, 1.807) is 12.3 Å². The first-order valence-electron chi connectivity index (χ1n) is 12.9. The summed E-state index contributed by atoms with van der Waals surface area (Å²) in [5.74, 6) is 1.50. The van der Waals surface area contributed by atoms with Crippen molar-refractivity contribution in [2.24, 2.45) is 5.92 Å². The number of aromatic nitrogens is 3. The fraction of sp³-hybridized carbons (Fsp3) is 0.519. The summed E-state index contributed by atoms with van der Waals surface area (Å²) in [6.07, 6.45) is 11.5. The molecule has 0 radical (unpaired) electrons. The number of amides is 1. The lowest BCUT2D eigenvalue weighted by atomic mass is 9.93. The van der Waals surface area contributed by atoms with Gasteiger partial charge in [-0.25, -0.2) is 9.97 Å². The first kappa shape index (κ1) is 21.6. The second-order valence-electron chi connectivity index (χ2n) is 10.4. The minimum Gasteiger partial charge on any atom is -0.384 e. The highest BCUT2D eigenvalue weighted by Gasteiger charge is 2.45. The third-order valence-corrected chi connectivity index (χ3v) is 8.11. The fourth-order valence-corrected chi connectivity index (χ4v) is 6.19.